The molecule has 0 bridgehead atoms. The summed E-state index contributed by atoms with van der Waals surface area (Å²) < 4.78 is 0. The third-order valence-electron chi connectivity index (χ3n) is 10.3. The Balaban J connectivity index is 1.48. The van der Waals surface area contributed by atoms with E-state index in [0.29, 0.717) is 10.8 Å². The second-order valence-electron chi connectivity index (χ2n) is 12.2. The lowest BCUT2D eigenvalue weighted by molar-refractivity contribution is -0.0626. The molecule has 1 heteroatoms. The fourth-order valence-electron chi connectivity index (χ4n) is 8.73. The van der Waals surface area contributed by atoms with E-state index in [0.717, 1.165) is 41.9 Å². The maximum Gasteiger partial charge on any atom is 0.0724 e. The first-order valence-corrected chi connectivity index (χ1v) is 12.6. The molecule has 1 N–H and O–H groups in total. The lowest BCUT2D eigenvalue weighted by atomic mass is 9.46. The average Bonchev–Trinajstić information content (AvgIpc) is 2.99. The minimum absolute atomic E-state index is 0.170. The largest absolute Gasteiger partial charge is 0.389 e. The summed E-state index contributed by atoms with van der Waals surface area (Å²) in [7, 11) is 0. The second kappa shape index (κ2) is 7.75. The van der Waals surface area contributed by atoms with E-state index < -0.39 is 0 Å². The van der Waals surface area contributed by atoms with Gasteiger partial charge in [-0.2, -0.15) is 0 Å². The highest BCUT2D eigenvalue weighted by atomic mass is 16.3. The fraction of sp³-hybridized carbons (Fsp3) is 0.926. The number of hydrogen-bond acceptors (Lipinski definition) is 1. The van der Waals surface area contributed by atoms with Crippen LogP contribution in [-0.2, 0) is 0 Å². The van der Waals surface area contributed by atoms with Crippen LogP contribution in [-0.4, -0.2) is 11.2 Å². The van der Waals surface area contributed by atoms with Crippen molar-refractivity contribution in [2.45, 2.75) is 111 Å². The molecule has 3 saturated carbocycles. The highest BCUT2D eigenvalue weighted by Crippen LogP contribution is 2.67. The first-order chi connectivity index (χ1) is 13.3. The van der Waals surface area contributed by atoms with Gasteiger partial charge in [0.1, 0.15) is 0 Å². The molecular formula is C27H46O. The Morgan fingerprint density at radius 1 is 0.964 bits per heavy atom. The van der Waals surface area contributed by atoms with Crippen molar-refractivity contribution in [2.75, 3.05) is 0 Å². The van der Waals surface area contributed by atoms with Gasteiger partial charge < -0.3 is 5.11 Å². The lowest BCUT2D eigenvalue weighted by Gasteiger charge is -2.59. The zero-order chi connectivity index (χ0) is 20.1. The van der Waals surface area contributed by atoms with E-state index in [2.05, 4.69) is 40.7 Å². The van der Waals surface area contributed by atoms with Crippen molar-refractivity contribution in [3.8, 4) is 0 Å². The van der Waals surface area contributed by atoms with E-state index >= 15 is 0 Å². The minimum atomic E-state index is -0.170. The van der Waals surface area contributed by atoms with E-state index in [4.69, 9.17) is 0 Å². The van der Waals surface area contributed by atoms with Gasteiger partial charge in [-0.15, -0.1) is 0 Å². The normalized spacial score (nSPS) is 46.5. The van der Waals surface area contributed by atoms with Crippen LogP contribution in [0.5, 0.6) is 0 Å². The van der Waals surface area contributed by atoms with Gasteiger partial charge in [-0.1, -0.05) is 65.5 Å². The number of allylic oxidation sites excluding steroid dienone is 1. The Hall–Kier alpha value is -0.300. The molecule has 0 amide bonds. The monoisotopic (exact) mass is 386 g/mol. The van der Waals surface area contributed by atoms with Crippen molar-refractivity contribution < 1.29 is 5.11 Å². The highest BCUT2D eigenvalue weighted by Gasteiger charge is 2.59. The van der Waals surface area contributed by atoms with Crippen LogP contribution in [0.4, 0.5) is 0 Å². The molecule has 4 aliphatic carbocycles. The van der Waals surface area contributed by atoms with Gasteiger partial charge >= 0.3 is 0 Å². The first kappa shape index (κ1) is 21.0. The Morgan fingerprint density at radius 3 is 2.50 bits per heavy atom. The molecular weight excluding hydrogens is 340 g/mol. The number of fused-ring (bicyclic) bond motifs is 5. The standard InChI is InChI=1S/C27H46O/c1-18(2)7-6-8-19(3)23-11-12-24-22-10-9-20-17-21(28)13-15-26(20,4)25(22)14-16-27(23,24)5/h17-19,21-25,28H,6-16H2,1-5H3/t19?,21-,22?,23?,24?,25?,26+,27-/m1/s1. The molecule has 0 aromatic rings. The van der Waals surface area contributed by atoms with Crippen LogP contribution in [0.1, 0.15) is 105 Å². The Morgan fingerprint density at radius 2 is 1.75 bits per heavy atom. The Kier molecular flexibility index (Phi) is 5.80. The molecule has 5 unspecified atom stereocenters. The summed E-state index contributed by atoms with van der Waals surface area (Å²) in [5.74, 6) is 5.52. The minimum Gasteiger partial charge on any atom is -0.389 e. The Bertz CT molecular complexity index is 591. The number of hydrogen-bond donors (Lipinski definition) is 1. The van der Waals surface area contributed by atoms with Gasteiger partial charge in [0.2, 0.25) is 0 Å². The maximum atomic E-state index is 10.2. The maximum absolute atomic E-state index is 10.2. The SMILES string of the molecule is CC(C)CCCC(C)C1CCC2C3CCC4=C[C@H](O)CC[C@]4(C)C3CC[C@]12C. The number of rotatable bonds is 5. The molecule has 0 spiro atoms. The van der Waals surface area contributed by atoms with Gasteiger partial charge in [0.15, 0.2) is 0 Å². The van der Waals surface area contributed by atoms with Crippen molar-refractivity contribution in [3.05, 3.63) is 11.6 Å². The van der Waals surface area contributed by atoms with E-state index in [-0.39, 0.29) is 6.10 Å². The molecule has 4 aliphatic rings. The summed E-state index contributed by atoms with van der Waals surface area (Å²) in [4.78, 5) is 0. The van der Waals surface area contributed by atoms with Crippen molar-refractivity contribution in [3.63, 3.8) is 0 Å². The molecule has 28 heavy (non-hydrogen) atoms. The molecule has 0 heterocycles. The Labute approximate surface area is 174 Å². The van der Waals surface area contributed by atoms with E-state index in [1.807, 2.05) is 0 Å². The zero-order valence-electron chi connectivity index (χ0n) is 19.3. The summed E-state index contributed by atoms with van der Waals surface area (Å²) in [6.45, 7) is 12.6. The van der Waals surface area contributed by atoms with Gasteiger partial charge in [0.05, 0.1) is 6.10 Å². The summed E-state index contributed by atoms with van der Waals surface area (Å²) in [6.07, 6.45) is 17.1. The molecule has 0 aromatic carbocycles. The highest BCUT2D eigenvalue weighted by molar-refractivity contribution is 5.25. The van der Waals surface area contributed by atoms with Gasteiger partial charge in [-0.25, -0.2) is 0 Å². The van der Waals surface area contributed by atoms with Gasteiger partial charge in [-0.3, -0.25) is 0 Å². The van der Waals surface area contributed by atoms with Gasteiger partial charge in [0.25, 0.3) is 0 Å². The number of aliphatic hydroxyl groups is 1. The third-order valence-corrected chi connectivity index (χ3v) is 10.3. The summed E-state index contributed by atoms with van der Waals surface area (Å²) in [5.41, 5.74) is 2.61. The predicted molar refractivity (Wildman–Crippen MR) is 119 cm³/mol. The summed E-state index contributed by atoms with van der Waals surface area (Å²) in [6, 6.07) is 0. The van der Waals surface area contributed by atoms with Crippen LogP contribution in [0, 0.1) is 46.3 Å². The summed E-state index contributed by atoms with van der Waals surface area (Å²) in [5, 5.41) is 10.2. The van der Waals surface area contributed by atoms with Crippen molar-refractivity contribution in [2.24, 2.45) is 46.3 Å². The average molecular weight is 387 g/mol. The van der Waals surface area contributed by atoms with E-state index in [1.54, 1.807) is 5.57 Å². The van der Waals surface area contributed by atoms with Gasteiger partial charge in [0, 0.05) is 0 Å². The fourth-order valence-corrected chi connectivity index (χ4v) is 8.73. The molecule has 1 nitrogen and oxygen atoms in total. The molecule has 160 valence electrons. The third kappa shape index (κ3) is 3.42. The number of aliphatic hydroxyl groups excluding tert-OH is 1. The van der Waals surface area contributed by atoms with E-state index in [1.165, 1.54) is 64.2 Å². The molecule has 4 rings (SSSR count). The molecule has 0 radical (unpaired) electrons. The second-order valence-corrected chi connectivity index (χ2v) is 12.2. The van der Waals surface area contributed by atoms with Gasteiger partial charge in [-0.05, 0) is 97.7 Å². The van der Waals surface area contributed by atoms with Crippen LogP contribution >= 0.6 is 0 Å². The molecule has 0 saturated heterocycles. The van der Waals surface area contributed by atoms with Crippen molar-refractivity contribution >= 4 is 0 Å². The molecule has 8 atom stereocenters. The lowest BCUT2D eigenvalue weighted by Crippen LogP contribution is -2.51. The van der Waals surface area contributed by atoms with Crippen molar-refractivity contribution in [1.82, 2.24) is 0 Å². The zero-order valence-corrected chi connectivity index (χ0v) is 19.3. The van der Waals surface area contributed by atoms with Crippen LogP contribution in [0.3, 0.4) is 0 Å². The summed E-state index contributed by atoms with van der Waals surface area (Å²) >= 11 is 0. The predicted octanol–water partition coefficient (Wildman–Crippen LogP) is 7.39. The van der Waals surface area contributed by atoms with E-state index in [9.17, 15) is 5.11 Å². The quantitative estimate of drug-likeness (QED) is 0.488. The molecule has 3 fully saturated rings. The van der Waals surface area contributed by atoms with Crippen LogP contribution in [0.15, 0.2) is 11.6 Å². The van der Waals surface area contributed by atoms with Crippen LogP contribution in [0.2, 0.25) is 0 Å². The molecule has 0 aliphatic heterocycles. The van der Waals surface area contributed by atoms with Crippen molar-refractivity contribution in [1.29, 1.82) is 0 Å². The molecule has 0 aromatic heterocycles. The smallest absolute Gasteiger partial charge is 0.0724 e. The van der Waals surface area contributed by atoms with Crippen LogP contribution < -0.4 is 0 Å². The first-order valence-electron chi connectivity index (χ1n) is 12.6. The topological polar surface area (TPSA) is 20.2 Å². The van der Waals surface area contributed by atoms with Crippen LogP contribution in [0.25, 0.3) is 0 Å².